The summed E-state index contributed by atoms with van der Waals surface area (Å²) in [6.07, 6.45) is -1.14. The van der Waals surface area contributed by atoms with E-state index in [1.54, 1.807) is 56.3 Å². The van der Waals surface area contributed by atoms with Crippen LogP contribution in [0, 0.1) is 24.7 Å². The number of allylic oxidation sites excluding steroid dienone is 1. The highest BCUT2D eigenvalue weighted by atomic mass is 32.2. The number of methoxy groups -OCH3 is 1. The second kappa shape index (κ2) is 15.4. The smallest absolute Gasteiger partial charge is 0.337 e. The van der Waals surface area contributed by atoms with Crippen molar-refractivity contribution in [2.45, 2.75) is 93.8 Å². The second-order valence-electron chi connectivity index (χ2n) is 14.0. The van der Waals surface area contributed by atoms with Gasteiger partial charge < -0.3 is 14.2 Å². The van der Waals surface area contributed by atoms with Crippen molar-refractivity contribution in [2.24, 2.45) is 22.9 Å². The summed E-state index contributed by atoms with van der Waals surface area (Å²) < 4.78 is 73.1. The van der Waals surface area contributed by atoms with E-state index in [1.165, 1.54) is 19.2 Å². The van der Waals surface area contributed by atoms with E-state index < -0.39 is 48.9 Å². The van der Waals surface area contributed by atoms with Crippen LogP contribution in [0.3, 0.4) is 0 Å². The molecule has 274 valence electrons. The van der Waals surface area contributed by atoms with Gasteiger partial charge in [-0.25, -0.2) is 13.2 Å². The highest BCUT2D eigenvalue weighted by Gasteiger charge is 2.55. The lowest BCUT2D eigenvalue weighted by molar-refractivity contribution is -0.173. The first-order chi connectivity index (χ1) is 24.1. The van der Waals surface area contributed by atoms with Crippen molar-refractivity contribution >= 4 is 31.5 Å². The van der Waals surface area contributed by atoms with E-state index in [9.17, 15) is 21.6 Å². The molecule has 0 radical (unpaired) electrons. The number of sulfonamides is 1. The fraction of sp³-hybridized carbons (Fsp3) is 0.436. The second-order valence-corrected chi connectivity index (χ2v) is 18.0. The fourth-order valence-corrected chi connectivity index (χ4v) is 9.57. The van der Waals surface area contributed by atoms with Crippen molar-refractivity contribution in [3.8, 4) is 0 Å². The van der Waals surface area contributed by atoms with Gasteiger partial charge in [0.15, 0.2) is 15.4 Å². The normalized spacial score (nSPS) is 23.5. The predicted molar refractivity (Wildman–Crippen MR) is 196 cm³/mol. The van der Waals surface area contributed by atoms with Crippen LogP contribution in [0.25, 0.3) is 0 Å². The molecular formula is C39H48N2O8S2. The summed E-state index contributed by atoms with van der Waals surface area (Å²) in [5, 5.41) is 3.52. The van der Waals surface area contributed by atoms with E-state index in [1.807, 2.05) is 44.2 Å². The van der Waals surface area contributed by atoms with Crippen LogP contribution in [0.4, 0.5) is 0 Å². The third-order valence-electron chi connectivity index (χ3n) is 10.2. The summed E-state index contributed by atoms with van der Waals surface area (Å²) >= 11 is 0. The molecule has 0 aromatic heterocycles. The van der Waals surface area contributed by atoms with Gasteiger partial charge in [-0.1, -0.05) is 80.1 Å². The number of carbonyl (C=O) groups is 1. The van der Waals surface area contributed by atoms with Crippen molar-refractivity contribution in [1.29, 1.82) is 0 Å². The molecule has 3 aromatic carbocycles. The number of hydrazone groups is 1. The average Bonchev–Trinajstić information content (AvgIpc) is 3.49. The summed E-state index contributed by atoms with van der Waals surface area (Å²) in [4.78, 5) is 16.2. The van der Waals surface area contributed by atoms with Crippen molar-refractivity contribution in [3.63, 3.8) is 0 Å². The number of benzene rings is 3. The summed E-state index contributed by atoms with van der Waals surface area (Å²) in [6, 6.07) is 24.3. The lowest BCUT2D eigenvalue weighted by atomic mass is 9.67. The minimum Gasteiger partial charge on any atom is -0.467 e. The molecule has 0 saturated carbocycles. The zero-order valence-corrected chi connectivity index (χ0v) is 31.8. The largest absolute Gasteiger partial charge is 0.467 e. The van der Waals surface area contributed by atoms with Crippen molar-refractivity contribution < 1.29 is 35.8 Å². The number of carbonyl (C=O) groups excluding carboxylic acids is 1. The number of nitrogens with one attached hydrogen (secondary N) is 1. The number of fused-ring (bicyclic) bond motifs is 1. The highest BCUT2D eigenvalue weighted by Crippen LogP contribution is 2.51. The molecule has 1 saturated heterocycles. The van der Waals surface area contributed by atoms with Crippen molar-refractivity contribution in [1.82, 2.24) is 4.83 Å². The van der Waals surface area contributed by atoms with E-state index in [2.05, 4.69) is 23.8 Å². The van der Waals surface area contributed by atoms with E-state index in [0.717, 1.165) is 16.7 Å². The molecule has 1 heterocycles. The summed E-state index contributed by atoms with van der Waals surface area (Å²) in [7, 11) is -6.52. The molecule has 1 N–H and O–H groups in total. The minimum atomic E-state index is -3.98. The van der Waals surface area contributed by atoms with Gasteiger partial charge in [-0.05, 0) is 86.9 Å². The zero-order chi connectivity index (χ0) is 37.1. The molecule has 10 nitrogen and oxygen atoms in total. The van der Waals surface area contributed by atoms with Crippen LogP contribution in [0.5, 0.6) is 0 Å². The molecule has 51 heavy (non-hydrogen) atoms. The number of sulfone groups is 1. The predicted octanol–water partition coefficient (Wildman–Crippen LogP) is 6.41. The van der Waals surface area contributed by atoms with Crippen LogP contribution in [-0.4, -0.2) is 58.7 Å². The maximum Gasteiger partial charge on any atom is 0.337 e. The number of esters is 1. The number of aryl methyl sites for hydroxylation is 1. The first-order valence-corrected chi connectivity index (χ1v) is 20.2. The van der Waals surface area contributed by atoms with Crippen LogP contribution in [-0.2, 0) is 45.5 Å². The number of nitrogens with zero attached hydrogens (tertiary/aromatic N) is 1. The monoisotopic (exact) mass is 736 g/mol. The molecule has 5 rings (SSSR count). The molecule has 0 bridgehead atoms. The lowest BCUT2D eigenvalue weighted by Crippen LogP contribution is -2.43. The Bertz CT molecular complexity index is 1980. The molecule has 2 aliphatic rings. The van der Waals surface area contributed by atoms with E-state index in [-0.39, 0.29) is 40.6 Å². The van der Waals surface area contributed by atoms with Gasteiger partial charge in [-0.2, -0.15) is 18.4 Å². The molecule has 0 spiro atoms. The Morgan fingerprint density at radius 1 is 0.922 bits per heavy atom. The van der Waals surface area contributed by atoms with Crippen LogP contribution < -0.4 is 4.83 Å². The maximum absolute atomic E-state index is 14.1. The van der Waals surface area contributed by atoms with Gasteiger partial charge in [0.05, 0.1) is 46.7 Å². The van der Waals surface area contributed by atoms with Gasteiger partial charge in [-0.15, -0.1) is 0 Å². The molecule has 0 amide bonds. The van der Waals surface area contributed by atoms with E-state index >= 15 is 0 Å². The van der Waals surface area contributed by atoms with Crippen molar-refractivity contribution in [2.75, 3.05) is 7.11 Å². The quantitative estimate of drug-likeness (QED) is 0.157. The molecule has 1 aliphatic carbocycles. The summed E-state index contributed by atoms with van der Waals surface area (Å²) in [5.74, 6) is -1.09. The highest BCUT2D eigenvalue weighted by molar-refractivity contribution is 7.92. The molecule has 0 unspecified atom stereocenters. The summed E-state index contributed by atoms with van der Waals surface area (Å²) in [6.45, 7) is 11.3. The zero-order valence-electron chi connectivity index (χ0n) is 30.2. The fourth-order valence-electron chi connectivity index (χ4n) is 7.19. The SMILES string of the molecule is COC(=O)[C@](C)(C[C@H]1O[C@@H]([C@H](C)S(=O)(=O)c2ccccc2)[C@H]2C1=C(C)/C(=N/NS(=O)(=O)c1ccc(C)cc1)C[C@@H]2C(C)C)OCc1ccccc1. The van der Waals surface area contributed by atoms with Gasteiger partial charge >= 0.3 is 5.97 Å². The van der Waals surface area contributed by atoms with Gasteiger partial charge in [0.25, 0.3) is 10.0 Å². The number of hydrogen-bond donors (Lipinski definition) is 1. The topological polar surface area (TPSA) is 137 Å². The molecule has 6 atom stereocenters. The molecular weight excluding hydrogens is 689 g/mol. The number of rotatable bonds is 13. The molecule has 3 aromatic rings. The minimum absolute atomic E-state index is 0.0253. The Morgan fingerprint density at radius 2 is 1.53 bits per heavy atom. The lowest BCUT2D eigenvalue weighted by Gasteiger charge is -2.38. The maximum atomic E-state index is 14.1. The first kappa shape index (κ1) is 38.4. The summed E-state index contributed by atoms with van der Waals surface area (Å²) in [5.41, 5.74) is 2.31. The standard InChI is InChI=1S/C39H48N2O8S2/c1-25(2)32-22-33(40-41-51(45,46)31-20-18-26(3)19-21-31)27(4)35-34(23-39(6,38(42)47-7)48-24-29-14-10-8-11-15-29)49-37(36(32)35)28(5)50(43,44)30-16-12-9-13-17-30/h8-21,25,28,32,34,36-37,41H,22-24H2,1-7H3/b40-33+/t28-,32+,34+,36+,37-,39-/m0/s1. The molecule has 1 fully saturated rings. The number of ether oxygens (including phenoxy) is 3. The molecule has 12 heteroatoms. The van der Waals surface area contributed by atoms with Crippen molar-refractivity contribution in [3.05, 3.63) is 107 Å². The Hall–Kier alpha value is -3.84. The van der Waals surface area contributed by atoms with Crippen LogP contribution in [0.1, 0.15) is 58.6 Å². The van der Waals surface area contributed by atoms with E-state index in [0.29, 0.717) is 17.7 Å². The third-order valence-corrected chi connectivity index (χ3v) is 13.6. The first-order valence-electron chi connectivity index (χ1n) is 17.2. The van der Waals surface area contributed by atoms with Gasteiger partial charge in [0.2, 0.25) is 0 Å². The van der Waals surface area contributed by atoms with Gasteiger partial charge in [0, 0.05) is 12.3 Å². The van der Waals surface area contributed by atoms with Crippen LogP contribution in [0.2, 0.25) is 0 Å². The number of hydrogen-bond acceptors (Lipinski definition) is 9. The Balaban J connectivity index is 1.60. The van der Waals surface area contributed by atoms with Crippen LogP contribution >= 0.6 is 0 Å². The Kier molecular flexibility index (Phi) is 11.6. The van der Waals surface area contributed by atoms with Gasteiger partial charge in [0.1, 0.15) is 0 Å². The Labute approximate surface area is 302 Å². The van der Waals surface area contributed by atoms with Gasteiger partial charge in [-0.3, -0.25) is 0 Å². The van der Waals surface area contributed by atoms with E-state index in [4.69, 9.17) is 14.2 Å². The molecule has 1 aliphatic heterocycles. The third kappa shape index (κ3) is 8.14. The van der Waals surface area contributed by atoms with Crippen LogP contribution in [0.15, 0.2) is 111 Å². The average molecular weight is 737 g/mol. The Morgan fingerprint density at radius 3 is 2.12 bits per heavy atom.